The molecular weight excluding hydrogens is 444 g/mol. The number of benzene rings is 1. The number of piperazine rings is 1. The van der Waals surface area contributed by atoms with E-state index in [-0.39, 0.29) is 11.9 Å². The molecule has 0 unspecified atom stereocenters. The molecule has 8 heteroatoms. The van der Waals surface area contributed by atoms with Gasteiger partial charge in [0.05, 0.1) is 37.0 Å². The molecule has 4 rings (SSSR count). The molecule has 1 saturated carbocycles. The molecule has 2 fully saturated rings. The lowest BCUT2D eigenvalue weighted by Gasteiger charge is -2.41. The Kier molecular flexibility index (Phi) is 7.37. The molecule has 2 aromatic rings. The minimum Gasteiger partial charge on any atom is -0.465 e. The largest absolute Gasteiger partial charge is 0.465 e. The third-order valence-corrected chi connectivity index (χ3v) is 6.87. The fraction of sp³-hybridized carbons (Fsp3) is 0.481. The molecule has 1 amide bonds. The summed E-state index contributed by atoms with van der Waals surface area (Å²) in [6.07, 6.45) is 2.48. The molecule has 0 bridgehead atoms. The van der Waals surface area contributed by atoms with Gasteiger partial charge in [-0.2, -0.15) is 5.26 Å². The second-order valence-corrected chi connectivity index (χ2v) is 9.28. The van der Waals surface area contributed by atoms with Crippen molar-refractivity contribution in [1.82, 2.24) is 9.88 Å². The van der Waals surface area contributed by atoms with Crippen LogP contribution in [-0.4, -0.2) is 68.3 Å². The molecule has 1 aliphatic carbocycles. The Morgan fingerprint density at radius 3 is 2.63 bits per heavy atom. The van der Waals surface area contributed by atoms with E-state index in [2.05, 4.69) is 11.0 Å². The van der Waals surface area contributed by atoms with Gasteiger partial charge in [-0.15, -0.1) is 0 Å². The van der Waals surface area contributed by atoms with Gasteiger partial charge < -0.3 is 19.3 Å². The van der Waals surface area contributed by atoms with Crippen molar-refractivity contribution in [3.63, 3.8) is 0 Å². The summed E-state index contributed by atoms with van der Waals surface area (Å²) in [5, 5.41) is 10.2. The van der Waals surface area contributed by atoms with Crippen LogP contribution in [0.15, 0.2) is 24.3 Å². The second kappa shape index (κ2) is 10.4. The van der Waals surface area contributed by atoms with Crippen LogP contribution in [0.2, 0.25) is 0 Å². The molecule has 2 aliphatic rings. The SMILES string of the molecule is COCCC(=O)N1CCN(c2nc(C3CC3)c(-c3cccc(C(=O)OC)c3)c(C)c2C#N)C[C@H]1C. The van der Waals surface area contributed by atoms with Gasteiger partial charge in [0.1, 0.15) is 11.9 Å². The van der Waals surface area contributed by atoms with Crippen molar-refractivity contribution in [3.05, 3.63) is 46.6 Å². The molecule has 184 valence electrons. The minimum atomic E-state index is -0.394. The zero-order valence-electron chi connectivity index (χ0n) is 20.8. The van der Waals surface area contributed by atoms with E-state index in [1.165, 1.54) is 7.11 Å². The van der Waals surface area contributed by atoms with Gasteiger partial charge in [0.2, 0.25) is 5.91 Å². The minimum absolute atomic E-state index is 0.00236. The number of carbonyl (C=O) groups excluding carboxylic acids is 2. The molecule has 0 N–H and O–H groups in total. The molecule has 1 atom stereocenters. The molecular formula is C27H32N4O4. The van der Waals surface area contributed by atoms with Crippen LogP contribution in [0.1, 0.15) is 59.3 Å². The summed E-state index contributed by atoms with van der Waals surface area (Å²) in [6.45, 7) is 6.21. The molecule has 1 aliphatic heterocycles. The van der Waals surface area contributed by atoms with E-state index in [1.54, 1.807) is 13.2 Å². The van der Waals surface area contributed by atoms with Gasteiger partial charge >= 0.3 is 5.97 Å². The van der Waals surface area contributed by atoms with Gasteiger partial charge in [0, 0.05) is 44.3 Å². The van der Waals surface area contributed by atoms with Crippen molar-refractivity contribution in [2.45, 2.75) is 45.1 Å². The third-order valence-electron chi connectivity index (χ3n) is 6.87. The summed E-state index contributed by atoms with van der Waals surface area (Å²) in [4.78, 5) is 33.8. The van der Waals surface area contributed by atoms with Crippen molar-refractivity contribution in [1.29, 1.82) is 5.26 Å². The summed E-state index contributed by atoms with van der Waals surface area (Å²) in [5.74, 6) is 0.722. The van der Waals surface area contributed by atoms with Crippen molar-refractivity contribution >= 4 is 17.7 Å². The number of pyridine rings is 1. The number of rotatable bonds is 7. The molecule has 2 heterocycles. The first-order valence-corrected chi connectivity index (χ1v) is 12.1. The number of hydrogen-bond donors (Lipinski definition) is 0. The first kappa shape index (κ1) is 24.7. The first-order valence-electron chi connectivity index (χ1n) is 12.1. The van der Waals surface area contributed by atoms with E-state index >= 15 is 0 Å². The Morgan fingerprint density at radius 1 is 1.23 bits per heavy atom. The van der Waals surface area contributed by atoms with E-state index < -0.39 is 5.97 Å². The average Bonchev–Trinajstić information content (AvgIpc) is 3.71. The highest BCUT2D eigenvalue weighted by molar-refractivity contribution is 5.91. The van der Waals surface area contributed by atoms with Gasteiger partial charge in [-0.25, -0.2) is 9.78 Å². The number of amides is 1. The maximum absolute atomic E-state index is 12.6. The zero-order valence-corrected chi connectivity index (χ0v) is 20.8. The lowest BCUT2D eigenvalue weighted by Crippen LogP contribution is -2.54. The molecule has 1 aromatic heterocycles. The van der Waals surface area contributed by atoms with E-state index in [0.717, 1.165) is 35.2 Å². The number of aromatic nitrogens is 1. The van der Waals surface area contributed by atoms with E-state index in [9.17, 15) is 14.9 Å². The molecule has 0 radical (unpaired) electrons. The van der Waals surface area contributed by atoms with Crippen LogP contribution >= 0.6 is 0 Å². The Balaban J connectivity index is 1.71. The van der Waals surface area contributed by atoms with Crippen LogP contribution in [0.4, 0.5) is 5.82 Å². The van der Waals surface area contributed by atoms with Crippen LogP contribution in [0.25, 0.3) is 11.1 Å². The zero-order chi connectivity index (χ0) is 25.1. The van der Waals surface area contributed by atoms with Gasteiger partial charge in [-0.3, -0.25) is 4.79 Å². The number of nitriles is 1. The molecule has 0 spiro atoms. The monoisotopic (exact) mass is 476 g/mol. The van der Waals surface area contributed by atoms with E-state index in [1.807, 2.05) is 36.9 Å². The molecule has 8 nitrogen and oxygen atoms in total. The van der Waals surface area contributed by atoms with Crippen LogP contribution < -0.4 is 4.90 Å². The van der Waals surface area contributed by atoms with Crippen LogP contribution in [0, 0.1) is 18.3 Å². The predicted molar refractivity (Wildman–Crippen MR) is 132 cm³/mol. The highest BCUT2D eigenvalue weighted by atomic mass is 16.5. The average molecular weight is 477 g/mol. The normalized spacial score (nSPS) is 17.7. The summed E-state index contributed by atoms with van der Waals surface area (Å²) in [5.41, 5.74) is 4.65. The summed E-state index contributed by atoms with van der Waals surface area (Å²) in [6, 6.07) is 9.72. The number of carbonyl (C=O) groups is 2. The molecule has 35 heavy (non-hydrogen) atoms. The first-order chi connectivity index (χ1) is 16.9. The fourth-order valence-electron chi connectivity index (χ4n) is 4.86. The maximum Gasteiger partial charge on any atom is 0.337 e. The standard InChI is InChI=1S/C27H32N4O4/c1-17-16-30(11-12-31(17)23(32)10-13-34-3)26-22(15-28)18(2)24(25(29-26)19-8-9-19)20-6-5-7-21(14-20)27(33)35-4/h5-7,14,17,19H,8-13,16H2,1-4H3/t17-/m1/s1. The number of anilines is 1. The number of nitrogens with zero attached hydrogens (tertiary/aromatic N) is 4. The fourth-order valence-corrected chi connectivity index (χ4v) is 4.86. The van der Waals surface area contributed by atoms with Crippen molar-refractivity contribution in [2.24, 2.45) is 0 Å². The van der Waals surface area contributed by atoms with Crippen LogP contribution in [0.3, 0.4) is 0 Å². The summed E-state index contributed by atoms with van der Waals surface area (Å²) >= 11 is 0. The molecule has 1 saturated heterocycles. The van der Waals surface area contributed by atoms with E-state index in [0.29, 0.717) is 55.5 Å². The Hall–Kier alpha value is -3.44. The Morgan fingerprint density at radius 2 is 2.00 bits per heavy atom. The van der Waals surface area contributed by atoms with Crippen molar-refractivity contribution in [2.75, 3.05) is 45.4 Å². The van der Waals surface area contributed by atoms with Crippen LogP contribution in [0.5, 0.6) is 0 Å². The van der Waals surface area contributed by atoms with Gasteiger partial charge in [0.25, 0.3) is 0 Å². The molecule has 1 aromatic carbocycles. The van der Waals surface area contributed by atoms with Gasteiger partial charge in [-0.1, -0.05) is 12.1 Å². The Bertz CT molecular complexity index is 1170. The lowest BCUT2D eigenvalue weighted by molar-refractivity contribution is -0.134. The van der Waals surface area contributed by atoms with Crippen LogP contribution in [-0.2, 0) is 14.3 Å². The summed E-state index contributed by atoms with van der Waals surface area (Å²) < 4.78 is 9.96. The number of hydrogen-bond acceptors (Lipinski definition) is 7. The maximum atomic E-state index is 12.6. The predicted octanol–water partition coefficient (Wildman–Crippen LogP) is 3.67. The summed E-state index contributed by atoms with van der Waals surface area (Å²) in [7, 11) is 2.96. The van der Waals surface area contributed by atoms with Crippen molar-refractivity contribution < 1.29 is 19.1 Å². The topological polar surface area (TPSA) is 95.8 Å². The van der Waals surface area contributed by atoms with Gasteiger partial charge in [0.15, 0.2) is 0 Å². The third kappa shape index (κ3) is 5.01. The smallest absolute Gasteiger partial charge is 0.337 e. The quantitative estimate of drug-likeness (QED) is 0.563. The lowest BCUT2D eigenvalue weighted by atomic mass is 9.92. The number of methoxy groups -OCH3 is 2. The highest BCUT2D eigenvalue weighted by Crippen LogP contribution is 2.46. The second-order valence-electron chi connectivity index (χ2n) is 9.28. The number of ether oxygens (including phenoxy) is 2. The van der Waals surface area contributed by atoms with Gasteiger partial charge in [-0.05, 0) is 49.9 Å². The highest BCUT2D eigenvalue weighted by Gasteiger charge is 2.34. The Labute approximate surface area is 206 Å². The van der Waals surface area contributed by atoms with E-state index in [4.69, 9.17) is 14.5 Å². The van der Waals surface area contributed by atoms with Crippen molar-refractivity contribution in [3.8, 4) is 17.2 Å². The number of esters is 1.